The van der Waals surface area contributed by atoms with Gasteiger partial charge in [0.15, 0.2) is 0 Å². The lowest BCUT2D eigenvalue weighted by atomic mass is 10.0. The zero-order valence-electron chi connectivity index (χ0n) is 17.3. The Kier molecular flexibility index (Phi) is 7.58. The summed E-state index contributed by atoms with van der Waals surface area (Å²) in [4.78, 5) is 18.8. The van der Waals surface area contributed by atoms with Gasteiger partial charge in [-0.1, -0.05) is 59.6 Å². The van der Waals surface area contributed by atoms with E-state index in [-0.39, 0.29) is 11.9 Å². The fourth-order valence-corrected chi connectivity index (χ4v) is 4.41. The van der Waals surface area contributed by atoms with E-state index in [4.69, 9.17) is 23.2 Å². The van der Waals surface area contributed by atoms with Crippen LogP contribution >= 0.6 is 23.2 Å². The minimum absolute atomic E-state index is 0.149. The Balaban J connectivity index is 0.000000252. The molecule has 2 aliphatic rings. The molecule has 0 spiro atoms. The van der Waals surface area contributed by atoms with E-state index in [1.807, 2.05) is 24.1 Å². The first-order valence-corrected chi connectivity index (χ1v) is 10.8. The molecule has 4 rings (SSSR count). The third kappa shape index (κ3) is 5.32. The Hall–Kier alpha value is -1.59. The molecule has 0 saturated carbocycles. The van der Waals surface area contributed by atoms with Gasteiger partial charge in [0.25, 0.3) is 0 Å². The standard InChI is InChI=1S/C17H25N3O.C6H4Cl2/c1-13(21)19(3)17-15-7-5-4-6-14(15)12-16(17)20-10-8-18(2)9-11-20;7-5-3-1-2-4-6(5)8/h4-7,16-17H,8-12H2,1-3H3;1-4H. The van der Waals surface area contributed by atoms with Crippen molar-refractivity contribution >= 4 is 29.1 Å². The highest BCUT2D eigenvalue weighted by Crippen LogP contribution is 2.38. The molecule has 1 amide bonds. The van der Waals surface area contributed by atoms with Crippen LogP contribution in [-0.2, 0) is 11.2 Å². The molecule has 0 aromatic heterocycles. The highest BCUT2D eigenvalue weighted by atomic mass is 35.5. The molecule has 2 aromatic carbocycles. The van der Waals surface area contributed by atoms with Crippen molar-refractivity contribution in [1.29, 1.82) is 0 Å². The van der Waals surface area contributed by atoms with Crippen LogP contribution in [0.15, 0.2) is 48.5 Å². The van der Waals surface area contributed by atoms with Crippen LogP contribution in [0, 0.1) is 0 Å². The van der Waals surface area contributed by atoms with Gasteiger partial charge in [0.1, 0.15) is 0 Å². The van der Waals surface area contributed by atoms with Gasteiger partial charge >= 0.3 is 0 Å². The van der Waals surface area contributed by atoms with Crippen LogP contribution in [0.1, 0.15) is 24.1 Å². The van der Waals surface area contributed by atoms with Crippen molar-refractivity contribution < 1.29 is 4.79 Å². The summed E-state index contributed by atoms with van der Waals surface area (Å²) in [6.45, 7) is 6.09. The van der Waals surface area contributed by atoms with E-state index in [0.29, 0.717) is 16.1 Å². The summed E-state index contributed by atoms with van der Waals surface area (Å²) < 4.78 is 0. The number of nitrogens with zero attached hydrogens (tertiary/aromatic N) is 3. The van der Waals surface area contributed by atoms with E-state index in [9.17, 15) is 4.79 Å². The van der Waals surface area contributed by atoms with Gasteiger partial charge in [-0.05, 0) is 36.7 Å². The van der Waals surface area contributed by atoms with E-state index < -0.39 is 0 Å². The number of halogens is 2. The van der Waals surface area contributed by atoms with Crippen molar-refractivity contribution in [2.45, 2.75) is 25.4 Å². The summed E-state index contributed by atoms with van der Waals surface area (Å²) in [7, 11) is 4.12. The molecule has 1 heterocycles. The minimum Gasteiger partial charge on any atom is -0.337 e. The maximum absolute atomic E-state index is 11.9. The lowest BCUT2D eigenvalue weighted by Crippen LogP contribution is -2.52. The first-order chi connectivity index (χ1) is 13.9. The number of hydrogen-bond donors (Lipinski definition) is 0. The molecule has 0 N–H and O–H groups in total. The summed E-state index contributed by atoms with van der Waals surface area (Å²) in [6, 6.07) is 16.4. The van der Waals surface area contributed by atoms with E-state index in [2.05, 4.69) is 41.1 Å². The molecule has 6 heteroatoms. The maximum atomic E-state index is 11.9. The van der Waals surface area contributed by atoms with Crippen LogP contribution in [0.2, 0.25) is 10.0 Å². The number of hydrogen-bond acceptors (Lipinski definition) is 3. The number of fused-ring (bicyclic) bond motifs is 1. The molecule has 1 fully saturated rings. The molecular formula is C23H29Cl2N3O. The van der Waals surface area contributed by atoms with Gasteiger partial charge in [-0.25, -0.2) is 0 Å². The number of likely N-dealkylation sites (N-methyl/N-ethyl adjacent to an activating group) is 2. The summed E-state index contributed by atoms with van der Waals surface area (Å²) in [6.07, 6.45) is 1.06. The second-order valence-electron chi connectivity index (χ2n) is 7.80. The van der Waals surface area contributed by atoms with Crippen molar-refractivity contribution in [3.63, 3.8) is 0 Å². The Morgan fingerprint density at radius 2 is 1.52 bits per heavy atom. The van der Waals surface area contributed by atoms with Gasteiger partial charge < -0.3 is 9.80 Å². The van der Waals surface area contributed by atoms with Gasteiger partial charge in [0, 0.05) is 46.2 Å². The smallest absolute Gasteiger partial charge is 0.219 e. The molecule has 0 bridgehead atoms. The van der Waals surface area contributed by atoms with Crippen LogP contribution in [-0.4, -0.2) is 66.9 Å². The van der Waals surface area contributed by atoms with Crippen molar-refractivity contribution in [2.75, 3.05) is 40.3 Å². The van der Waals surface area contributed by atoms with Crippen LogP contribution in [0.5, 0.6) is 0 Å². The van der Waals surface area contributed by atoms with Gasteiger partial charge in [-0.15, -0.1) is 0 Å². The lowest BCUT2D eigenvalue weighted by Gasteiger charge is -2.41. The SMILES string of the molecule is CC(=O)N(C)C1c2ccccc2CC1N1CCN(C)CC1.Clc1ccccc1Cl. The summed E-state index contributed by atoms with van der Waals surface area (Å²) in [5.74, 6) is 0.149. The first-order valence-electron chi connectivity index (χ1n) is 10.0. The van der Waals surface area contributed by atoms with Gasteiger partial charge in [-0.2, -0.15) is 0 Å². The molecule has 0 radical (unpaired) electrons. The van der Waals surface area contributed by atoms with Crippen molar-refractivity contribution in [3.8, 4) is 0 Å². The maximum Gasteiger partial charge on any atom is 0.219 e. The monoisotopic (exact) mass is 433 g/mol. The topological polar surface area (TPSA) is 26.8 Å². The minimum atomic E-state index is 0.149. The zero-order chi connectivity index (χ0) is 21.0. The van der Waals surface area contributed by atoms with Crippen LogP contribution < -0.4 is 0 Å². The van der Waals surface area contributed by atoms with E-state index in [1.54, 1.807) is 19.1 Å². The number of amides is 1. The van der Waals surface area contributed by atoms with Gasteiger partial charge in [-0.3, -0.25) is 9.69 Å². The van der Waals surface area contributed by atoms with Gasteiger partial charge in [0.2, 0.25) is 5.91 Å². The Labute approximate surface area is 184 Å². The number of carbonyl (C=O) groups is 1. The molecule has 1 aliphatic carbocycles. The summed E-state index contributed by atoms with van der Waals surface area (Å²) >= 11 is 11.2. The highest BCUT2D eigenvalue weighted by Gasteiger charge is 2.39. The average Bonchev–Trinajstić information content (AvgIpc) is 3.10. The second-order valence-corrected chi connectivity index (χ2v) is 8.61. The molecule has 2 aromatic rings. The zero-order valence-corrected chi connectivity index (χ0v) is 18.8. The van der Waals surface area contributed by atoms with Crippen LogP contribution in [0.3, 0.4) is 0 Å². The number of rotatable bonds is 2. The number of carbonyl (C=O) groups excluding carboxylic acids is 1. The Bertz CT molecular complexity index is 815. The van der Waals surface area contributed by atoms with E-state index in [1.165, 1.54) is 11.1 Å². The Morgan fingerprint density at radius 3 is 2.07 bits per heavy atom. The van der Waals surface area contributed by atoms with Crippen LogP contribution in [0.25, 0.3) is 0 Å². The number of piperazine rings is 1. The first kappa shape index (κ1) is 22.1. The normalized spacial score (nSPS) is 21.8. The predicted molar refractivity (Wildman–Crippen MR) is 121 cm³/mol. The highest BCUT2D eigenvalue weighted by molar-refractivity contribution is 6.41. The molecule has 2 atom stereocenters. The molecule has 2 unspecified atom stereocenters. The van der Waals surface area contributed by atoms with Crippen molar-refractivity contribution in [1.82, 2.24) is 14.7 Å². The van der Waals surface area contributed by atoms with Gasteiger partial charge in [0.05, 0.1) is 16.1 Å². The van der Waals surface area contributed by atoms with E-state index >= 15 is 0 Å². The molecule has 1 saturated heterocycles. The number of benzene rings is 2. The summed E-state index contributed by atoms with van der Waals surface area (Å²) in [5, 5.41) is 1.21. The van der Waals surface area contributed by atoms with Crippen molar-refractivity contribution in [3.05, 3.63) is 69.7 Å². The second kappa shape index (κ2) is 9.94. The molecular weight excluding hydrogens is 405 g/mol. The quantitative estimate of drug-likeness (QED) is 0.703. The average molecular weight is 434 g/mol. The molecule has 29 heavy (non-hydrogen) atoms. The largest absolute Gasteiger partial charge is 0.337 e. The fourth-order valence-electron chi connectivity index (χ4n) is 4.14. The molecule has 1 aliphatic heterocycles. The summed E-state index contributed by atoms with van der Waals surface area (Å²) in [5.41, 5.74) is 2.73. The molecule has 4 nitrogen and oxygen atoms in total. The molecule has 156 valence electrons. The third-order valence-corrected chi connectivity index (χ3v) is 6.67. The third-order valence-electron chi connectivity index (χ3n) is 5.91. The van der Waals surface area contributed by atoms with Crippen molar-refractivity contribution in [2.24, 2.45) is 0 Å². The Morgan fingerprint density at radius 1 is 0.966 bits per heavy atom. The predicted octanol–water partition coefficient (Wildman–Crippen LogP) is 4.37. The van der Waals surface area contributed by atoms with E-state index in [0.717, 1.165) is 32.6 Å². The fraction of sp³-hybridized carbons (Fsp3) is 0.435. The lowest BCUT2D eigenvalue weighted by molar-refractivity contribution is -0.131. The van der Waals surface area contributed by atoms with Crippen LogP contribution in [0.4, 0.5) is 0 Å².